The molecule has 0 aliphatic carbocycles. The highest BCUT2D eigenvalue weighted by Gasteiger charge is 2.27. The molecule has 1 aliphatic rings. The SMILES string of the molecule is COc1ccccc1NC(=O)C[NH+]1CCN(c2cccc[nH+]2)CC1. The molecular weight excluding hydrogens is 304 g/mol. The number of rotatable bonds is 5. The van der Waals surface area contributed by atoms with E-state index in [0.29, 0.717) is 12.3 Å². The first-order chi connectivity index (χ1) is 11.8. The van der Waals surface area contributed by atoms with Crippen molar-refractivity contribution >= 4 is 17.4 Å². The predicted molar refractivity (Wildman–Crippen MR) is 92.4 cm³/mol. The van der Waals surface area contributed by atoms with E-state index in [-0.39, 0.29) is 5.91 Å². The number of benzene rings is 1. The Bertz CT molecular complexity index is 670. The number of anilines is 2. The first-order valence-electron chi connectivity index (χ1n) is 8.24. The summed E-state index contributed by atoms with van der Waals surface area (Å²) in [6.45, 7) is 4.25. The summed E-state index contributed by atoms with van der Waals surface area (Å²) in [5, 5.41) is 2.95. The number of nitrogens with one attached hydrogen (secondary N) is 3. The zero-order chi connectivity index (χ0) is 16.8. The van der Waals surface area contributed by atoms with E-state index in [4.69, 9.17) is 4.74 Å². The Balaban J connectivity index is 1.50. The largest absolute Gasteiger partial charge is 0.495 e. The van der Waals surface area contributed by atoms with Gasteiger partial charge in [0.05, 0.1) is 19.0 Å². The van der Waals surface area contributed by atoms with E-state index in [1.165, 1.54) is 4.90 Å². The number of carbonyl (C=O) groups excluding carboxylic acids is 1. The van der Waals surface area contributed by atoms with Crippen LogP contribution in [0.1, 0.15) is 0 Å². The summed E-state index contributed by atoms with van der Waals surface area (Å²) in [4.78, 5) is 19.2. The number of carbonyl (C=O) groups is 1. The maximum Gasteiger partial charge on any atom is 0.279 e. The van der Waals surface area contributed by atoms with Crippen molar-refractivity contribution in [3.05, 3.63) is 48.7 Å². The van der Waals surface area contributed by atoms with Crippen LogP contribution in [0, 0.1) is 0 Å². The number of quaternary nitrogens is 1. The Morgan fingerprint density at radius 2 is 1.96 bits per heavy atom. The van der Waals surface area contributed by atoms with Gasteiger partial charge in [-0.05, 0) is 18.2 Å². The minimum atomic E-state index is 0.0224. The number of methoxy groups -OCH3 is 1. The summed E-state index contributed by atoms with van der Waals surface area (Å²) in [5.74, 6) is 1.84. The van der Waals surface area contributed by atoms with Crippen molar-refractivity contribution in [1.82, 2.24) is 0 Å². The summed E-state index contributed by atoms with van der Waals surface area (Å²) < 4.78 is 5.27. The lowest BCUT2D eigenvalue weighted by Gasteiger charge is -2.27. The fourth-order valence-electron chi connectivity index (χ4n) is 2.99. The topological polar surface area (TPSA) is 60.1 Å². The van der Waals surface area contributed by atoms with E-state index in [0.717, 1.165) is 37.7 Å². The van der Waals surface area contributed by atoms with Gasteiger partial charge in [0, 0.05) is 6.07 Å². The van der Waals surface area contributed by atoms with Gasteiger partial charge in [-0.15, -0.1) is 0 Å². The van der Waals surface area contributed by atoms with Crippen LogP contribution in [0.4, 0.5) is 11.5 Å². The van der Waals surface area contributed by atoms with Gasteiger partial charge in [-0.1, -0.05) is 18.2 Å². The molecule has 1 saturated heterocycles. The molecule has 0 spiro atoms. The fourth-order valence-corrected chi connectivity index (χ4v) is 2.99. The van der Waals surface area contributed by atoms with Crippen LogP contribution in [0.2, 0.25) is 0 Å². The maximum atomic E-state index is 12.3. The van der Waals surface area contributed by atoms with Crippen molar-refractivity contribution < 1.29 is 19.4 Å². The maximum absolute atomic E-state index is 12.3. The second-order valence-corrected chi connectivity index (χ2v) is 5.91. The highest BCUT2D eigenvalue weighted by Crippen LogP contribution is 2.22. The first kappa shape index (κ1) is 16.3. The van der Waals surface area contributed by atoms with Crippen LogP contribution in [-0.4, -0.2) is 45.7 Å². The molecule has 1 aromatic heterocycles. The Labute approximate surface area is 142 Å². The van der Waals surface area contributed by atoms with E-state index in [1.54, 1.807) is 7.11 Å². The molecule has 0 saturated carbocycles. The van der Waals surface area contributed by atoms with E-state index >= 15 is 0 Å². The summed E-state index contributed by atoms with van der Waals surface area (Å²) in [5.41, 5.74) is 0.724. The average Bonchev–Trinajstić information content (AvgIpc) is 2.63. The molecule has 2 aromatic rings. The van der Waals surface area contributed by atoms with E-state index < -0.39 is 0 Å². The van der Waals surface area contributed by atoms with Crippen molar-refractivity contribution in [1.29, 1.82) is 0 Å². The van der Waals surface area contributed by atoms with Crippen molar-refractivity contribution in [2.45, 2.75) is 0 Å². The standard InChI is InChI=1S/C18H22N4O2/c1-24-16-7-3-2-6-15(16)20-18(23)14-21-10-12-22(13-11-21)17-8-4-5-9-19-17/h2-9H,10-14H2,1H3,(H,20,23)/p+2. The molecule has 1 amide bonds. The average molecular weight is 328 g/mol. The number of H-pyrrole nitrogens is 1. The van der Waals surface area contributed by atoms with E-state index in [9.17, 15) is 4.79 Å². The third kappa shape index (κ3) is 4.02. The number of pyridine rings is 1. The lowest BCUT2D eigenvalue weighted by atomic mass is 10.2. The quantitative estimate of drug-likeness (QED) is 0.803. The number of hydrogen-bond donors (Lipinski definition) is 2. The van der Waals surface area contributed by atoms with Crippen LogP contribution < -0.4 is 24.8 Å². The van der Waals surface area contributed by atoms with E-state index in [2.05, 4.69) is 21.3 Å². The monoisotopic (exact) mass is 328 g/mol. The molecule has 24 heavy (non-hydrogen) atoms. The molecule has 3 rings (SSSR count). The van der Waals surface area contributed by atoms with Crippen LogP contribution in [0.25, 0.3) is 0 Å². The lowest BCUT2D eigenvalue weighted by Crippen LogP contribution is -3.15. The third-order valence-electron chi connectivity index (χ3n) is 4.30. The zero-order valence-electron chi connectivity index (χ0n) is 13.9. The number of hydrogen-bond acceptors (Lipinski definition) is 3. The molecule has 0 radical (unpaired) electrons. The van der Waals surface area contributed by atoms with Gasteiger partial charge in [0.15, 0.2) is 6.54 Å². The number of nitrogens with zero attached hydrogens (tertiary/aromatic N) is 1. The summed E-state index contributed by atoms with van der Waals surface area (Å²) in [7, 11) is 1.61. The van der Waals surface area contributed by atoms with Gasteiger partial charge in [-0.25, -0.2) is 4.98 Å². The molecule has 1 aromatic carbocycles. The third-order valence-corrected chi connectivity index (χ3v) is 4.30. The van der Waals surface area contributed by atoms with Gasteiger partial charge < -0.3 is 15.0 Å². The summed E-state index contributed by atoms with van der Waals surface area (Å²) >= 11 is 0. The molecular formula is C18H24N4O2+2. The Hall–Kier alpha value is -2.60. The molecule has 6 nitrogen and oxygen atoms in total. The second-order valence-electron chi connectivity index (χ2n) is 5.91. The van der Waals surface area contributed by atoms with Crippen molar-refractivity contribution in [3.63, 3.8) is 0 Å². The zero-order valence-corrected chi connectivity index (χ0v) is 13.9. The highest BCUT2D eigenvalue weighted by molar-refractivity contribution is 5.92. The molecule has 1 aliphatic heterocycles. The van der Waals surface area contributed by atoms with Crippen LogP contribution in [0.3, 0.4) is 0 Å². The molecule has 1 fully saturated rings. The minimum Gasteiger partial charge on any atom is -0.495 e. The van der Waals surface area contributed by atoms with Crippen LogP contribution in [-0.2, 0) is 4.79 Å². The molecule has 0 atom stereocenters. The van der Waals surface area contributed by atoms with Crippen LogP contribution in [0.5, 0.6) is 5.75 Å². The normalized spacial score (nSPS) is 15.1. The molecule has 6 heteroatoms. The van der Waals surface area contributed by atoms with Gasteiger partial charge in [-0.2, -0.15) is 0 Å². The number of amides is 1. The Morgan fingerprint density at radius 3 is 2.67 bits per heavy atom. The number of ether oxygens (including phenoxy) is 1. The molecule has 3 N–H and O–H groups in total. The van der Waals surface area contributed by atoms with Gasteiger partial charge in [0.2, 0.25) is 0 Å². The smallest absolute Gasteiger partial charge is 0.279 e. The van der Waals surface area contributed by atoms with Crippen LogP contribution in [0.15, 0.2) is 48.7 Å². The summed E-state index contributed by atoms with van der Waals surface area (Å²) in [6, 6.07) is 13.6. The minimum absolute atomic E-state index is 0.0224. The summed E-state index contributed by atoms with van der Waals surface area (Å²) in [6.07, 6.45) is 1.94. The number of piperazine rings is 1. The predicted octanol–water partition coefficient (Wildman–Crippen LogP) is -0.147. The fraction of sp³-hybridized carbons (Fsp3) is 0.333. The molecule has 0 unspecified atom stereocenters. The van der Waals surface area contributed by atoms with Crippen molar-refractivity contribution in [2.24, 2.45) is 0 Å². The molecule has 2 heterocycles. The van der Waals surface area contributed by atoms with E-state index in [1.807, 2.05) is 42.6 Å². The Morgan fingerprint density at radius 1 is 1.21 bits per heavy atom. The van der Waals surface area contributed by atoms with Gasteiger partial charge in [-0.3, -0.25) is 9.69 Å². The lowest BCUT2D eigenvalue weighted by molar-refractivity contribution is -0.892. The number of aromatic amines is 1. The van der Waals surface area contributed by atoms with Crippen molar-refractivity contribution in [2.75, 3.05) is 50.1 Å². The second kappa shape index (κ2) is 7.79. The van der Waals surface area contributed by atoms with Gasteiger partial charge in [0.25, 0.3) is 11.7 Å². The Kier molecular flexibility index (Phi) is 5.28. The molecule has 0 bridgehead atoms. The number of para-hydroxylation sites is 2. The number of aromatic nitrogens is 1. The van der Waals surface area contributed by atoms with Crippen LogP contribution >= 0.6 is 0 Å². The molecule has 126 valence electrons. The van der Waals surface area contributed by atoms with Crippen molar-refractivity contribution in [3.8, 4) is 5.75 Å². The van der Waals surface area contributed by atoms with Gasteiger partial charge in [0.1, 0.15) is 31.9 Å². The highest BCUT2D eigenvalue weighted by atomic mass is 16.5. The van der Waals surface area contributed by atoms with Gasteiger partial charge >= 0.3 is 0 Å². The first-order valence-corrected chi connectivity index (χ1v) is 8.24.